The average molecular weight is 352 g/mol. The van der Waals surface area contributed by atoms with Gasteiger partial charge in [-0.15, -0.1) is 0 Å². The van der Waals surface area contributed by atoms with Crippen LogP contribution in [0.15, 0.2) is 22.7 Å². The second-order valence-corrected chi connectivity index (χ2v) is 6.74. The maximum absolute atomic E-state index is 12.7. The van der Waals surface area contributed by atoms with Gasteiger partial charge in [0.25, 0.3) is 5.91 Å². The maximum Gasteiger partial charge on any atom is 0.254 e. The van der Waals surface area contributed by atoms with Gasteiger partial charge in [0.05, 0.1) is 0 Å². The van der Waals surface area contributed by atoms with Crippen molar-refractivity contribution in [2.24, 2.45) is 0 Å². The number of piperazine rings is 1. The van der Waals surface area contributed by atoms with Crippen LogP contribution in [0.4, 0.5) is 0 Å². The van der Waals surface area contributed by atoms with Gasteiger partial charge in [0, 0.05) is 48.8 Å². The Bertz CT molecular complexity index is 520. The fraction of sp³-hybridized carbons (Fsp3) is 0.562. The summed E-state index contributed by atoms with van der Waals surface area (Å²) in [7, 11) is 0. The number of nitrogens with one attached hydrogen (secondary N) is 1. The summed E-state index contributed by atoms with van der Waals surface area (Å²) in [6.45, 7) is 7.87. The summed E-state index contributed by atoms with van der Waals surface area (Å²) < 4.78 is 1.00. The minimum atomic E-state index is 0.165. The van der Waals surface area contributed by atoms with Crippen LogP contribution in [0.1, 0.15) is 22.3 Å². The van der Waals surface area contributed by atoms with Crippen molar-refractivity contribution < 1.29 is 4.79 Å². The zero-order valence-corrected chi connectivity index (χ0v) is 14.0. The number of hydrogen-bond donors (Lipinski definition) is 1. The van der Waals surface area contributed by atoms with Gasteiger partial charge in [-0.05, 0) is 37.6 Å². The lowest BCUT2D eigenvalue weighted by molar-refractivity contribution is 0.0583. The molecular formula is C16H22BrN3O. The highest BCUT2D eigenvalue weighted by Gasteiger charge is 2.28. The fourth-order valence-electron chi connectivity index (χ4n) is 3.25. The van der Waals surface area contributed by atoms with Gasteiger partial charge in [-0.25, -0.2) is 0 Å². The Kier molecular flexibility index (Phi) is 4.62. The van der Waals surface area contributed by atoms with Crippen molar-refractivity contribution in [3.8, 4) is 0 Å². The van der Waals surface area contributed by atoms with Crippen LogP contribution < -0.4 is 5.32 Å². The van der Waals surface area contributed by atoms with Crippen molar-refractivity contribution >= 4 is 21.8 Å². The number of carbonyl (C=O) groups excluding carboxylic acids is 1. The Balaban J connectivity index is 1.63. The summed E-state index contributed by atoms with van der Waals surface area (Å²) in [5.74, 6) is 0.165. The third kappa shape index (κ3) is 3.15. The summed E-state index contributed by atoms with van der Waals surface area (Å²) in [6, 6.07) is 6.51. The molecule has 2 aliphatic heterocycles. The number of hydrogen-bond acceptors (Lipinski definition) is 3. The first kappa shape index (κ1) is 15.0. The van der Waals surface area contributed by atoms with E-state index in [2.05, 4.69) is 26.1 Å². The van der Waals surface area contributed by atoms with Crippen LogP contribution in [0, 0.1) is 6.92 Å². The predicted octanol–water partition coefficient (Wildman–Crippen LogP) is 1.88. The second-order valence-electron chi connectivity index (χ2n) is 5.89. The molecule has 114 valence electrons. The van der Waals surface area contributed by atoms with Crippen molar-refractivity contribution in [2.45, 2.75) is 19.4 Å². The quantitative estimate of drug-likeness (QED) is 0.883. The summed E-state index contributed by atoms with van der Waals surface area (Å²) in [5, 5.41) is 3.42. The van der Waals surface area contributed by atoms with Crippen LogP contribution in [0.5, 0.6) is 0 Å². The molecule has 21 heavy (non-hydrogen) atoms. The molecule has 0 spiro atoms. The molecule has 1 N–H and O–H groups in total. The third-order valence-electron chi connectivity index (χ3n) is 4.65. The Hall–Kier alpha value is -0.910. The van der Waals surface area contributed by atoms with E-state index in [0.29, 0.717) is 6.04 Å². The van der Waals surface area contributed by atoms with Crippen LogP contribution in [0.3, 0.4) is 0 Å². The summed E-state index contributed by atoms with van der Waals surface area (Å²) in [5.41, 5.74) is 1.85. The zero-order valence-electron chi connectivity index (χ0n) is 12.4. The van der Waals surface area contributed by atoms with E-state index in [9.17, 15) is 4.79 Å². The van der Waals surface area contributed by atoms with Gasteiger partial charge in [-0.1, -0.05) is 22.0 Å². The van der Waals surface area contributed by atoms with Crippen molar-refractivity contribution in [2.75, 3.05) is 39.3 Å². The highest BCUT2D eigenvalue weighted by atomic mass is 79.9. The highest BCUT2D eigenvalue weighted by Crippen LogP contribution is 2.21. The molecule has 1 aromatic carbocycles. The van der Waals surface area contributed by atoms with Crippen LogP contribution in [0.2, 0.25) is 0 Å². The molecular weight excluding hydrogens is 330 g/mol. The predicted molar refractivity (Wildman–Crippen MR) is 87.6 cm³/mol. The van der Waals surface area contributed by atoms with E-state index >= 15 is 0 Å². The minimum Gasteiger partial charge on any atom is -0.336 e. The van der Waals surface area contributed by atoms with Crippen LogP contribution in [-0.2, 0) is 0 Å². The monoisotopic (exact) mass is 351 g/mol. The van der Waals surface area contributed by atoms with E-state index in [0.717, 1.165) is 54.9 Å². The van der Waals surface area contributed by atoms with Crippen LogP contribution in [-0.4, -0.2) is 61.0 Å². The van der Waals surface area contributed by atoms with Crippen LogP contribution in [0.25, 0.3) is 0 Å². The molecule has 1 aromatic rings. The van der Waals surface area contributed by atoms with E-state index in [4.69, 9.17) is 0 Å². The number of benzene rings is 1. The number of amides is 1. The second kappa shape index (κ2) is 6.46. The smallest absolute Gasteiger partial charge is 0.254 e. The SMILES string of the molecule is Cc1c(Br)cccc1C(=O)N1CCN(C2CCNC2)CC1. The Morgan fingerprint density at radius 3 is 2.71 bits per heavy atom. The molecule has 0 aliphatic carbocycles. The van der Waals surface area contributed by atoms with Gasteiger partial charge in [-0.3, -0.25) is 9.69 Å². The summed E-state index contributed by atoms with van der Waals surface area (Å²) >= 11 is 3.51. The highest BCUT2D eigenvalue weighted by molar-refractivity contribution is 9.10. The molecule has 1 amide bonds. The molecule has 0 aromatic heterocycles. The molecule has 2 fully saturated rings. The van der Waals surface area contributed by atoms with Gasteiger partial charge in [0.2, 0.25) is 0 Å². The van der Waals surface area contributed by atoms with E-state index in [1.165, 1.54) is 6.42 Å². The van der Waals surface area contributed by atoms with E-state index in [-0.39, 0.29) is 5.91 Å². The molecule has 5 heteroatoms. The molecule has 2 aliphatic rings. The van der Waals surface area contributed by atoms with E-state index in [1.54, 1.807) is 0 Å². The topological polar surface area (TPSA) is 35.6 Å². The first-order chi connectivity index (χ1) is 10.2. The van der Waals surface area contributed by atoms with Gasteiger partial charge < -0.3 is 10.2 Å². The van der Waals surface area contributed by atoms with Crippen molar-refractivity contribution in [1.82, 2.24) is 15.1 Å². The van der Waals surface area contributed by atoms with Gasteiger partial charge in [0.1, 0.15) is 0 Å². The van der Waals surface area contributed by atoms with E-state index < -0.39 is 0 Å². The molecule has 4 nitrogen and oxygen atoms in total. The third-order valence-corrected chi connectivity index (χ3v) is 5.51. The van der Waals surface area contributed by atoms with Crippen molar-refractivity contribution in [1.29, 1.82) is 0 Å². The van der Waals surface area contributed by atoms with Gasteiger partial charge in [0.15, 0.2) is 0 Å². The molecule has 3 rings (SSSR count). The first-order valence-corrected chi connectivity index (χ1v) is 8.45. The number of rotatable bonds is 2. The Morgan fingerprint density at radius 2 is 2.05 bits per heavy atom. The minimum absolute atomic E-state index is 0.165. The van der Waals surface area contributed by atoms with Crippen LogP contribution >= 0.6 is 15.9 Å². The first-order valence-electron chi connectivity index (χ1n) is 7.66. The maximum atomic E-state index is 12.7. The lowest BCUT2D eigenvalue weighted by Crippen LogP contribution is -2.52. The van der Waals surface area contributed by atoms with Gasteiger partial charge >= 0.3 is 0 Å². The zero-order chi connectivity index (χ0) is 14.8. The largest absolute Gasteiger partial charge is 0.336 e. The molecule has 2 saturated heterocycles. The summed E-state index contributed by atoms with van der Waals surface area (Å²) in [4.78, 5) is 17.2. The number of carbonyl (C=O) groups is 1. The standard InChI is InChI=1S/C16H22BrN3O/c1-12-14(3-2-4-15(12)17)16(21)20-9-7-19(8-10-20)13-5-6-18-11-13/h2-4,13,18H,5-11H2,1H3. The molecule has 0 saturated carbocycles. The molecule has 1 unspecified atom stereocenters. The lowest BCUT2D eigenvalue weighted by Gasteiger charge is -2.38. The fourth-order valence-corrected chi connectivity index (χ4v) is 3.62. The Labute approximate surface area is 134 Å². The molecule has 0 bridgehead atoms. The average Bonchev–Trinajstić information content (AvgIpc) is 3.04. The number of nitrogens with zero attached hydrogens (tertiary/aromatic N) is 2. The summed E-state index contributed by atoms with van der Waals surface area (Å²) in [6.07, 6.45) is 1.23. The van der Waals surface area contributed by atoms with E-state index in [1.807, 2.05) is 30.0 Å². The molecule has 0 radical (unpaired) electrons. The normalized spacial score (nSPS) is 23.5. The number of halogens is 1. The Morgan fingerprint density at radius 1 is 1.29 bits per heavy atom. The van der Waals surface area contributed by atoms with Gasteiger partial charge in [-0.2, -0.15) is 0 Å². The lowest BCUT2D eigenvalue weighted by atomic mass is 10.1. The molecule has 2 heterocycles. The molecule has 1 atom stereocenters. The van der Waals surface area contributed by atoms with Crippen molar-refractivity contribution in [3.63, 3.8) is 0 Å². The van der Waals surface area contributed by atoms with Crippen molar-refractivity contribution in [3.05, 3.63) is 33.8 Å².